The molecule has 2 fully saturated rings. The SMILES string of the molecule is COC(=O)CCc1ccc(S(=O)(=O)N2C[C@H]3C[C@@H](N(C)C)[C@H](OC)C[C@H]3C2)cc1.O=CO. The fourth-order valence-corrected chi connectivity index (χ4v) is 6.22. The first-order valence-electron chi connectivity index (χ1n) is 10.6. The van der Waals surface area contributed by atoms with Gasteiger partial charge in [-0.3, -0.25) is 9.59 Å². The van der Waals surface area contributed by atoms with Crippen molar-refractivity contribution >= 4 is 22.5 Å². The first-order chi connectivity index (χ1) is 15.2. The molecule has 1 aliphatic heterocycles. The lowest BCUT2D eigenvalue weighted by molar-refractivity contribution is -0.140. The third kappa shape index (κ3) is 6.28. The molecule has 1 aliphatic carbocycles. The average molecular weight is 471 g/mol. The Balaban J connectivity index is 0.00000114. The predicted molar refractivity (Wildman–Crippen MR) is 119 cm³/mol. The Kier molecular flexibility index (Phi) is 9.63. The van der Waals surface area contributed by atoms with E-state index in [0.29, 0.717) is 42.3 Å². The molecule has 10 heteroatoms. The number of fused-ring (bicyclic) bond motifs is 1. The Morgan fingerprint density at radius 3 is 2.22 bits per heavy atom. The number of esters is 1. The van der Waals surface area contributed by atoms with Crippen LogP contribution in [-0.2, 0) is 35.5 Å². The zero-order valence-electron chi connectivity index (χ0n) is 19.1. The highest BCUT2D eigenvalue weighted by Crippen LogP contribution is 2.40. The fraction of sp³-hybridized carbons (Fsp3) is 0.636. The van der Waals surface area contributed by atoms with Gasteiger partial charge in [-0.25, -0.2) is 8.42 Å². The van der Waals surface area contributed by atoms with E-state index in [-0.39, 0.29) is 25.0 Å². The maximum atomic E-state index is 13.2. The van der Waals surface area contributed by atoms with Crippen molar-refractivity contribution in [2.24, 2.45) is 11.8 Å². The summed E-state index contributed by atoms with van der Waals surface area (Å²) in [6, 6.07) is 7.16. The number of ether oxygens (including phenoxy) is 2. The number of rotatable bonds is 7. The molecule has 32 heavy (non-hydrogen) atoms. The largest absolute Gasteiger partial charge is 0.483 e. The summed E-state index contributed by atoms with van der Waals surface area (Å²) in [6.07, 6.45) is 2.80. The summed E-state index contributed by atoms with van der Waals surface area (Å²) in [5.41, 5.74) is 0.918. The van der Waals surface area contributed by atoms with Crippen LogP contribution in [0.25, 0.3) is 0 Å². The van der Waals surface area contributed by atoms with Crippen molar-refractivity contribution in [3.8, 4) is 0 Å². The lowest BCUT2D eigenvalue weighted by Gasteiger charge is -2.40. The topological polar surface area (TPSA) is 113 Å². The van der Waals surface area contributed by atoms with E-state index in [9.17, 15) is 13.2 Å². The number of carboxylic acid groups (broad SMARTS) is 1. The molecule has 1 saturated heterocycles. The van der Waals surface area contributed by atoms with Gasteiger partial charge in [0.05, 0.1) is 18.1 Å². The van der Waals surface area contributed by atoms with E-state index < -0.39 is 10.0 Å². The maximum absolute atomic E-state index is 13.2. The molecule has 0 spiro atoms. The van der Waals surface area contributed by atoms with Gasteiger partial charge < -0.3 is 19.5 Å². The molecule has 0 radical (unpaired) electrons. The summed E-state index contributed by atoms with van der Waals surface area (Å²) >= 11 is 0. The number of carbonyl (C=O) groups is 2. The predicted octanol–water partition coefficient (Wildman–Crippen LogP) is 1.47. The number of likely N-dealkylation sites (N-methyl/N-ethyl adjacent to an activating group) is 1. The van der Waals surface area contributed by atoms with Crippen LogP contribution in [0.15, 0.2) is 29.2 Å². The highest BCUT2D eigenvalue weighted by molar-refractivity contribution is 7.89. The quantitative estimate of drug-likeness (QED) is 0.471. The van der Waals surface area contributed by atoms with Crippen LogP contribution in [0.5, 0.6) is 0 Å². The normalized spacial score (nSPS) is 25.5. The van der Waals surface area contributed by atoms with Gasteiger partial charge in [-0.1, -0.05) is 12.1 Å². The number of hydrogen-bond donors (Lipinski definition) is 1. The molecule has 9 nitrogen and oxygen atoms in total. The zero-order chi connectivity index (χ0) is 23.9. The minimum atomic E-state index is -3.52. The molecule has 1 heterocycles. The summed E-state index contributed by atoms with van der Waals surface area (Å²) in [4.78, 5) is 22.1. The van der Waals surface area contributed by atoms with Crippen LogP contribution in [-0.4, -0.2) is 88.7 Å². The Bertz CT molecular complexity index is 858. The van der Waals surface area contributed by atoms with Gasteiger partial charge >= 0.3 is 5.97 Å². The number of carbonyl (C=O) groups excluding carboxylic acids is 1. The van der Waals surface area contributed by atoms with Crippen LogP contribution in [0.3, 0.4) is 0 Å². The van der Waals surface area contributed by atoms with Crippen LogP contribution in [0.2, 0.25) is 0 Å². The number of aryl methyl sites for hydroxylation is 1. The molecular formula is C22H34N2O7S. The van der Waals surface area contributed by atoms with Crippen LogP contribution < -0.4 is 0 Å². The molecule has 0 amide bonds. The van der Waals surface area contributed by atoms with Gasteiger partial charge in [0.25, 0.3) is 6.47 Å². The first kappa shape index (κ1) is 26.2. The number of nitrogens with zero attached hydrogens (tertiary/aromatic N) is 2. The van der Waals surface area contributed by atoms with Crippen molar-refractivity contribution < 1.29 is 32.6 Å². The van der Waals surface area contributed by atoms with Crippen LogP contribution >= 0.6 is 0 Å². The van der Waals surface area contributed by atoms with Crippen molar-refractivity contribution in [3.63, 3.8) is 0 Å². The maximum Gasteiger partial charge on any atom is 0.305 e. The van der Waals surface area contributed by atoms with Gasteiger partial charge in [0.2, 0.25) is 10.0 Å². The first-order valence-corrected chi connectivity index (χ1v) is 12.0. The van der Waals surface area contributed by atoms with E-state index in [0.717, 1.165) is 18.4 Å². The highest BCUT2D eigenvalue weighted by Gasteiger charge is 2.46. The minimum Gasteiger partial charge on any atom is -0.483 e. The molecule has 2 aliphatic rings. The fourth-order valence-electron chi connectivity index (χ4n) is 4.67. The number of benzene rings is 1. The number of methoxy groups -OCH3 is 2. The van der Waals surface area contributed by atoms with E-state index in [4.69, 9.17) is 14.6 Å². The zero-order valence-corrected chi connectivity index (χ0v) is 20.0. The Labute approximate surface area is 190 Å². The second kappa shape index (κ2) is 11.7. The average Bonchev–Trinajstić information content (AvgIpc) is 3.21. The third-order valence-electron chi connectivity index (χ3n) is 6.42. The summed E-state index contributed by atoms with van der Waals surface area (Å²) < 4.78 is 38.3. The van der Waals surface area contributed by atoms with Gasteiger partial charge in [0, 0.05) is 32.7 Å². The van der Waals surface area contributed by atoms with Crippen molar-refractivity contribution in [3.05, 3.63) is 29.8 Å². The summed E-state index contributed by atoms with van der Waals surface area (Å²) in [6.45, 7) is 0.870. The van der Waals surface area contributed by atoms with Gasteiger partial charge in [-0.2, -0.15) is 4.31 Å². The molecular weight excluding hydrogens is 436 g/mol. The number of hydrogen-bond acceptors (Lipinski definition) is 7. The Morgan fingerprint density at radius 2 is 1.72 bits per heavy atom. The molecule has 4 atom stereocenters. The van der Waals surface area contributed by atoms with Gasteiger partial charge in [-0.05, 0) is 62.9 Å². The Hall–Kier alpha value is -2.01. The van der Waals surface area contributed by atoms with E-state index in [2.05, 4.69) is 23.7 Å². The molecule has 180 valence electrons. The van der Waals surface area contributed by atoms with Crippen molar-refractivity contribution in [2.75, 3.05) is 41.4 Å². The lowest BCUT2D eigenvalue weighted by atomic mass is 9.77. The molecule has 1 saturated carbocycles. The molecule has 3 rings (SSSR count). The molecule has 0 aromatic heterocycles. The molecule has 0 unspecified atom stereocenters. The minimum absolute atomic E-state index is 0.142. The third-order valence-corrected chi connectivity index (χ3v) is 8.27. The van der Waals surface area contributed by atoms with Gasteiger partial charge in [0.1, 0.15) is 0 Å². The second-order valence-corrected chi connectivity index (χ2v) is 10.4. The Morgan fingerprint density at radius 1 is 1.16 bits per heavy atom. The standard InChI is InChI=1S/C21H32N2O5S.CH2O2/c1-22(2)19-11-16-13-23(14-17(16)12-20(19)27-3)29(25,26)18-8-5-15(6-9-18)7-10-21(24)28-4;2-1-3/h5-6,8-9,16-17,19-20H,7,10-14H2,1-4H3;1H,(H,2,3)/t16-,17+,19-,20-;/m1./s1. The van der Waals surface area contributed by atoms with Crippen molar-refractivity contribution in [1.82, 2.24) is 9.21 Å². The van der Waals surface area contributed by atoms with E-state index >= 15 is 0 Å². The molecule has 1 N–H and O–H groups in total. The van der Waals surface area contributed by atoms with Crippen molar-refractivity contribution in [1.29, 1.82) is 0 Å². The van der Waals surface area contributed by atoms with E-state index in [1.165, 1.54) is 7.11 Å². The van der Waals surface area contributed by atoms with Crippen LogP contribution in [0.1, 0.15) is 24.8 Å². The molecule has 1 aromatic carbocycles. The monoisotopic (exact) mass is 470 g/mol. The number of sulfonamides is 1. The summed E-state index contributed by atoms with van der Waals surface area (Å²) in [7, 11) is 3.70. The van der Waals surface area contributed by atoms with Gasteiger partial charge in [0.15, 0.2) is 0 Å². The highest BCUT2D eigenvalue weighted by atomic mass is 32.2. The molecule has 1 aromatic rings. The second-order valence-electron chi connectivity index (χ2n) is 8.44. The van der Waals surface area contributed by atoms with E-state index in [1.54, 1.807) is 35.7 Å². The van der Waals surface area contributed by atoms with Crippen LogP contribution in [0.4, 0.5) is 0 Å². The smallest absolute Gasteiger partial charge is 0.305 e. The van der Waals surface area contributed by atoms with E-state index in [1.807, 2.05) is 0 Å². The van der Waals surface area contributed by atoms with Crippen molar-refractivity contribution in [2.45, 2.75) is 42.7 Å². The summed E-state index contributed by atoms with van der Waals surface area (Å²) in [5.74, 6) is 0.430. The lowest BCUT2D eigenvalue weighted by Crippen LogP contribution is -2.47. The van der Waals surface area contributed by atoms with Gasteiger partial charge in [-0.15, -0.1) is 0 Å². The molecule has 0 bridgehead atoms. The summed E-state index contributed by atoms with van der Waals surface area (Å²) in [5, 5.41) is 6.89. The van der Waals surface area contributed by atoms with Crippen LogP contribution in [0, 0.1) is 11.8 Å².